The number of hydrazine groups is 1. The van der Waals surface area contributed by atoms with Crippen molar-refractivity contribution in [2.24, 2.45) is 5.73 Å². The fourth-order valence-electron chi connectivity index (χ4n) is 2.33. The topological polar surface area (TPSA) is 49.6 Å². The summed E-state index contributed by atoms with van der Waals surface area (Å²) < 4.78 is 0. The van der Waals surface area contributed by atoms with Crippen molar-refractivity contribution >= 4 is 5.91 Å². The van der Waals surface area contributed by atoms with Crippen LogP contribution in [0.15, 0.2) is 0 Å². The molecule has 4 heteroatoms. The SMILES string of the molecule is CC(N)CN1C(=O)CCCN1C1CCC1. The zero-order valence-electron chi connectivity index (χ0n) is 9.48. The molecule has 2 rings (SSSR count). The molecule has 0 bridgehead atoms. The Labute approximate surface area is 91.4 Å². The zero-order chi connectivity index (χ0) is 10.8. The average molecular weight is 211 g/mol. The molecule has 4 nitrogen and oxygen atoms in total. The van der Waals surface area contributed by atoms with Crippen molar-refractivity contribution in [2.75, 3.05) is 13.1 Å². The van der Waals surface area contributed by atoms with Crippen LogP contribution in [0.5, 0.6) is 0 Å². The van der Waals surface area contributed by atoms with Crippen LogP contribution in [0.25, 0.3) is 0 Å². The van der Waals surface area contributed by atoms with Gasteiger partial charge in [0.1, 0.15) is 0 Å². The van der Waals surface area contributed by atoms with Gasteiger partial charge in [0, 0.05) is 25.0 Å². The van der Waals surface area contributed by atoms with Gasteiger partial charge in [-0.2, -0.15) is 0 Å². The van der Waals surface area contributed by atoms with Crippen molar-refractivity contribution in [2.45, 2.75) is 51.1 Å². The molecule has 1 aliphatic heterocycles. The molecule has 1 heterocycles. The summed E-state index contributed by atoms with van der Waals surface area (Å²) in [5.74, 6) is 0.255. The second-order valence-corrected chi connectivity index (χ2v) is 4.80. The average Bonchev–Trinajstić information content (AvgIpc) is 2.07. The minimum atomic E-state index is 0.0645. The van der Waals surface area contributed by atoms with E-state index in [1.165, 1.54) is 19.3 Å². The maximum Gasteiger partial charge on any atom is 0.236 e. The Morgan fingerprint density at radius 2 is 2.20 bits per heavy atom. The van der Waals surface area contributed by atoms with E-state index in [0.29, 0.717) is 19.0 Å². The fourth-order valence-corrected chi connectivity index (χ4v) is 2.33. The Bertz CT molecular complexity index is 238. The van der Waals surface area contributed by atoms with E-state index in [-0.39, 0.29) is 11.9 Å². The fraction of sp³-hybridized carbons (Fsp3) is 0.909. The van der Waals surface area contributed by atoms with Crippen LogP contribution in [0.3, 0.4) is 0 Å². The summed E-state index contributed by atoms with van der Waals surface area (Å²) >= 11 is 0. The number of rotatable bonds is 3. The highest BCUT2D eigenvalue weighted by Crippen LogP contribution is 2.28. The monoisotopic (exact) mass is 211 g/mol. The molecule has 1 unspecified atom stereocenters. The van der Waals surface area contributed by atoms with E-state index < -0.39 is 0 Å². The second kappa shape index (κ2) is 4.49. The van der Waals surface area contributed by atoms with Gasteiger partial charge in [-0.15, -0.1) is 0 Å². The molecule has 0 aromatic carbocycles. The molecule has 1 aliphatic carbocycles. The minimum absolute atomic E-state index is 0.0645. The van der Waals surface area contributed by atoms with Crippen molar-refractivity contribution in [1.29, 1.82) is 0 Å². The Hall–Kier alpha value is -0.610. The molecule has 1 saturated carbocycles. The Morgan fingerprint density at radius 3 is 2.73 bits per heavy atom. The van der Waals surface area contributed by atoms with Crippen LogP contribution in [0, 0.1) is 0 Å². The van der Waals surface area contributed by atoms with Gasteiger partial charge in [-0.1, -0.05) is 6.42 Å². The van der Waals surface area contributed by atoms with Gasteiger partial charge < -0.3 is 5.73 Å². The quantitative estimate of drug-likeness (QED) is 0.748. The molecule has 1 amide bonds. The smallest absolute Gasteiger partial charge is 0.236 e. The minimum Gasteiger partial charge on any atom is -0.326 e. The lowest BCUT2D eigenvalue weighted by Gasteiger charge is -2.47. The van der Waals surface area contributed by atoms with Crippen LogP contribution in [0.2, 0.25) is 0 Å². The summed E-state index contributed by atoms with van der Waals surface area (Å²) in [6.45, 7) is 3.67. The third-order valence-corrected chi connectivity index (χ3v) is 3.33. The Morgan fingerprint density at radius 1 is 1.47 bits per heavy atom. The molecule has 15 heavy (non-hydrogen) atoms. The molecule has 2 fully saturated rings. The van der Waals surface area contributed by atoms with E-state index in [1.54, 1.807) is 0 Å². The maximum absolute atomic E-state index is 11.8. The highest BCUT2D eigenvalue weighted by Gasteiger charge is 2.34. The molecule has 1 atom stereocenters. The number of carbonyl (C=O) groups excluding carboxylic acids is 1. The van der Waals surface area contributed by atoms with Crippen LogP contribution in [-0.2, 0) is 4.79 Å². The maximum atomic E-state index is 11.8. The molecule has 0 aromatic rings. The predicted molar refractivity (Wildman–Crippen MR) is 58.9 cm³/mol. The van der Waals surface area contributed by atoms with Gasteiger partial charge in [0.15, 0.2) is 0 Å². The Kier molecular flexibility index (Phi) is 3.26. The molecule has 1 saturated heterocycles. The van der Waals surface area contributed by atoms with E-state index in [9.17, 15) is 4.79 Å². The van der Waals surface area contributed by atoms with Gasteiger partial charge in [-0.05, 0) is 26.2 Å². The molecule has 86 valence electrons. The van der Waals surface area contributed by atoms with Gasteiger partial charge in [0.25, 0.3) is 0 Å². The molecule has 0 radical (unpaired) electrons. The molecule has 2 aliphatic rings. The first-order chi connectivity index (χ1) is 7.18. The number of hydrogen-bond donors (Lipinski definition) is 1. The van der Waals surface area contributed by atoms with Crippen molar-refractivity contribution in [3.05, 3.63) is 0 Å². The summed E-state index contributed by atoms with van der Waals surface area (Å²) in [6, 6.07) is 0.669. The van der Waals surface area contributed by atoms with E-state index in [2.05, 4.69) is 5.01 Å². The van der Waals surface area contributed by atoms with Crippen molar-refractivity contribution < 1.29 is 4.79 Å². The van der Waals surface area contributed by atoms with Gasteiger partial charge in [-0.25, -0.2) is 5.01 Å². The van der Waals surface area contributed by atoms with Crippen LogP contribution in [-0.4, -0.2) is 41.1 Å². The van der Waals surface area contributed by atoms with Crippen LogP contribution >= 0.6 is 0 Å². The number of carbonyl (C=O) groups is 1. The summed E-state index contributed by atoms with van der Waals surface area (Å²) in [5, 5.41) is 4.16. The highest BCUT2D eigenvalue weighted by molar-refractivity contribution is 5.76. The number of amides is 1. The van der Waals surface area contributed by atoms with Crippen LogP contribution in [0.4, 0.5) is 0 Å². The Balaban J connectivity index is 2.00. The van der Waals surface area contributed by atoms with Crippen LogP contribution in [0.1, 0.15) is 39.0 Å². The third kappa shape index (κ3) is 2.32. The second-order valence-electron chi connectivity index (χ2n) is 4.80. The van der Waals surface area contributed by atoms with Crippen molar-refractivity contribution in [3.63, 3.8) is 0 Å². The summed E-state index contributed by atoms with van der Waals surface area (Å²) in [7, 11) is 0. The van der Waals surface area contributed by atoms with Gasteiger partial charge in [0.05, 0.1) is 6.54 Å². The van der Waals surface area contributed by atoms with E-state index in [4.69, 9.17) is 5.73 Å². The largest absolute Gasteiger partial charge is 0.326 e. The third-order valence-electron chi connectivity index (χ3n) is 3.33. The van der Waals surface area contributed by atoms with Crippen molar-refractivity contribution in [1.82, 2.24) is 10.0 Å². The van der Waals surface area contributed by atoms with Gasteiger partial charge >= 0.3 is 0 Å². The van der Waals surface area contributed by atoms with E-state index in [0.717, 1.165) is 13.0 Å². The summed E-state index contributed by atoms with van der Waals surface area (Å²) in [4.78, 5) is 11.8. The first kappa shape index (κ1) is 10.9. The van der Waals surface area contributed by atoms with E-state index in [1.807, 2.05) is 11.9 Å². The lowest BCUT2D eigenvalue weighted by atomic mass is 9.92. The summed E-state index contributed by atoms with van der Waals surface area (Å²) in [5.41, 5.74) is 5.79. The predicted octanol–water partition coefficient (Wildman–Crippen LogP) is 0.725. The van der Waals surface area contributed by atoms with Gasteiger partial charge in [0.2, 0.25) is 5.91 Å². The number of nitrogens with zero attached hydrogens (tertiary/aromatic N) is 2. The number of nitrogens with two attached hydrogens (primary N) is 1. The number of hydrogen-bond acceptors (Lipinski definition) is 3. The molecule has 0 aromatic heterocycles. The summed E-state index contributed by atoms with van der Waals surface area (Å²) in [6.07, 6.45) is 5.48. The normalized spacial score (nSPS) is 26.5. The van der Waals surface area contributed by atoms with Crippen molar-refractivity contribution in [3.8, 4) is 0 Å². The highest BCUT2D eigenvalue weighted by atomic mass is 16.2. The lowest BCUT2D eigenvalue weighted by Crippen LogP contribution is -2.59. The van der Waals surface area contributed by atoms with Gasteiger partial charge in [-0.3, -0.25) is 9.80 Å². The lowest BCUT2D eigenvalue weighted by molar-refractivity contribution is -0.166. The standard InChI is InChI=1S/C11H21N3O/c1-9(12)8-14-11(15)6-3-7-13(14)10-4-2-5-10/h9-10H,2-8,12H2,1H3. The first-order valence-corrected chi connectivity index (χ1v) is 6.01. The first-order valence-electron chi connectivity index (χ1n) is 6.01. The van der Waals surface area contributed by atoms with Crippen LogP contribution < -0.4 is 5.73 Å². The van der Waals surface area contributed by atoms with E-state index >= 15 is 0 Å². The zero-order valence-corrected chi connectivity index (χ0v) is 9.48. The molecule has 0 spiro atoms. The molecular weight excluding hydrogens is 190 g/mol. The molecular formula is C11H21N3O. The molecule has 2 N–H and O–H groups in total.